The molecule has 0 radical (unpaired) electrons. The van der Waals surface area contributed by atoms with Gasteiger partial charge in [0, 0.05) is 13.1 Å². The number of aryl methyl sites for hydroxylation is 1. The van der Waals surface area contributed by atoms with Crippen LogP contribution < -0.4 is 10.3 Å². The van der Waals surface area contributed by atoms with Gasteiger partial charge in [-0.05, 0) is 30.2 Å². The van der Waals surface area contributed by atoms with Gasteiger partial charge in [0.2, 0.25) is 0 Å². The predicted octanol–water partition coefficient (Wildman–Crippen LogP) is 4.39. The molecule has 0 saturated carbocycles. The normalized spacial score (nSPS) is 10.6. The van der Waals surface area contributed by atoms with E-state index in [4.69, 9.17) is 4.74 Å². The molecule has 1 heterocycles. The smallest absolute Gasteiger partial charge is 0.278 e. The molecule has 0 unspecified atom stereocenters. The summed E-state index contributed by atoms with van der Waals surface area (Å²) in [6.07, 6.45) is 0. The van der Waals surface area contributed by atoms with Crippen LogP contribution >= 0.6 is 0 Å². The van der Waals surface area contributed by atoms with E-state index >= 15 is 0 Å². The Labute approximate surface area is 192 Å². The highest BCUT2D eigenvalue weighted by Crippen LogP contribution is 2.20. The molecule has 33 heavy (non-hydrogen) atoms. The fourth-order valence-electron chi connectivity index (χ4n) is 3.57. The number of benzene rings is 3. The van der Waals surface area contributed by atoms with Crippen molar-refractivity contribution >= 4 is 5.91 Å². The molecule has 0 atom stereocenters. The van der Waals surface area contributed by atoms with E-state index in [0.29, 0.717) is 18.8 Å². The number of carbonyl (C=O) groups excluding carboxylic acids is 1. The maximum atomic E-state index is 13.8. The van der Waals surface area contributed by atoms with Crippen LogP contribution in [0.2, 0.25) is 0 Å². The van der Waals surface area contributed by atoms with Gasteiger partial charge in [0.05, 0.1) is 18.9 Å². The van der Waals surface area contributed by atoms with Crippen molar-refractivity contribution < 1.29 is 9.53 Å². The molecule has 6 heteroatoms. The average Bonchev–Trinajstić information content (AvgIpc) is 2.85. The van der Waals surface area contributed by atoms with Crippen molar-refractivity contribution in [3.05, 3.63) is 124 Å². The molecule has 0 aliphatic carbocycles. The number of aromatic nitrogens is 2. The summed E-state index contributed by atoms with van der Waals surface area (Å²) in [4.78, 5) is 28.2. The highest BCUT2D eigenvalue weighted by atomic mass is 16.5. The van der Waals surface area contributed by atoms with Crippen LogP contribution in [0.15, 0.2) is 95.8 Å². The van der Waals surface area contributed by atoms with Crippen molar-refractivity contribution in [1.82, 2.24) is 14.7 Å². The van der Waals surface area contributed by atoms with Gasteiger partial charge in [0.15, 0.2) is 11.4 Å². The monoisotopic (exact) mass is 439 g/mol. The molecule has 0 saturated heterocycles. The Kier molecular flexibility index (Phi) is 6.64. The fraction of sp³-hybridized carbons (Fsp3) is 0.148. The van der Waals surface area contributed by atoms with Gasteiger partial charge in [0.1, 0.15) is 0 Å². The summed E-state index contributed by atoms with van der Waals surface area (Å²) in [5.74, 6) is -0.167. The highest BCUT2D eigenvalue weighted by molar-refractivity contribution is 5.94. The van der Waals surface area contributed by atoms with E-state index in [1.807, 2.05) is 79.7 Å². The third-order valence-corrected chi connectivity index (χ3v) is 5.32. The van der Waals surface area contributed by atoms with Gasteiger partial charge in [0.25, 0.3) is 11.5 Å². The molecule has 0 N–H and O–H groups in total. The summed E-state index contributed by atoms with van der Waals surface area (Å²) in [5.41, 5.74) is 3.35. The lowest BCUT2D eigenvalue weighted by Crippen LogP contribution is -2.33. The Morgan fingerprint density at radius 3 is 1.94 bits per heavy atom. The molecule has 4 aromatic rings. The summed E-state index contributed by atoms with van der Waals surface area (Å²) in [7, 11) is 1.43. The van der Waals surface area contributed by atoms with Gasteiger partial charge in [-0.3, -0.25) is 9.59 Å². The largest absolute Gasteiger partial charge is 0.494 e. The van der Waals surface area contributed by atoms with Crippen LogP contribution in [0.1, 0.15) is 27.2 Å². The van der Waals surface area contributed by atoms with E-state index in [-0.39, 0.29) is 22.9 Å². The van der Waals surface area contributed by atoms with E-state index in [0.717, 1.165) is 16.7 Å². The first kappa shape index (κ1) is 22.0. The zero-order chi connectivity index (χ0) is 23.2. The van der Waals surface area contributed by atoms with E-state index in [9.17, 15) is 9.59 Å². The number of ether oxygens (including phenoxy) is 1. The Morgan fingerprint density at radius 1 is 0.879 bits per heavy atom. The average molecular weight is 440 g/mol. The molecule has 0 spiro atoms. The quantitative estimate of drug-likeness (QED) is 0.428. The van der Waals surface area contributed by atoms with Crippen LogP contribution in [-0.2, 0) is 13.1 Å². The third kappa shape index (κ3) is 5.18. The summed E-state index contributed by atoms with van der Waals surface area (Å²) in [5, 5.41) is 4.44. The van der Waals surface area contributed by atoms with E-state index in [1.54, 1.807) is 17.0 Å². The second kappa shape index (κ2) is 9.96. The molecular formula is C27H25N3O3. The van der Waals surface area contributed by atoms with Crippen molar-refractivity contribution in [2.24, 2.45) is 0 Å². The summed E-state index contributed by atoms with van der Waals surface area (Å²) >= 11 is 0. The molecule has 4 rings (SSSR count). The van der Waals surface area contributed by atoms with Crippen molar-refractivity contribution in [3.8, 4) is 11.4 Å². The Hall–Kier alpha value is -4.19. The van der Waals surface area contributed by atoms with Crippen molar-refractivity contribution in [3.63, 3.8) is 0 Å². The maximum Gasteiger partial charge on any atom is 0.278 e. The van der Waals surface area contributed by atoms with Crippen LogP contribution in [0.4, 0.5) is 0 Å². The third-order valence-electron chi connectivity index (χ3n) is 5.32. The van der Waals surface area contributed by atoms with Gasteiger partial charge >= 0.3 is 0 Å². The zero-order valence-corrected chi connectivity index (χ0v) is 18.6. The number of amides is 1. The standard InChI is InChI=1S/C27H25N3O3/c1-20-13-15-23(16-14-20)30-25(31)17-24(33-2)26(28-30)27(32)29(18-21-9-5-3-6-10-21)19-22-11-7-4-8-12-22/h3-17H,18-19H2,1-2H3. The molecular weight excluding hydrogens is 414 g/mol. The summed E-state index contributed by atoms with van der Waals surface area (Å²) in [6, 6.07) is 28.2. The van der Waals surface area contributed by atoms with Crippen LogP contribution in [0, 0.1) is 6.92 Å². The first-order chi connectivity index (χ1) is 16.0. The summed E-state index contributed by atoms with van der Waals surface area (Å²) < 4.78 is 6.62. The Morgan fingerprint density at radius 2 is 1.42 bits per heavy atom. The molecule has 0 aliphatic heterocycles. The minimum Gasteiger partial charge on any atom is -0.494 e. The van der Waals surface area contributed by atoms with Crippen molar-refractivity contribution in [1.29, 1.82) is 0 Å². The van der Waals surface area contributed by atoms with E-state index in [1.165, 1.54) is 17.9 Å². The van der Waals surface area contributed by atoms with Crippen LogP contribution in [0.5, 0.6) is 5.75 Å². The van der Waals surface area contributed by atoms with Gasteiger partial charge in [-0.1, -0.05) is 78.4 Å². The second-order valence-electron chi connectivity index (χ2n) is 7.78. The number of hydrogen-bond donors (Lipinski definition) is 0. The molecule has 166 valence electrons. The van der Waals surface area contributed by atoms with Gasteiger partial charge in [-0.25, -0.2) is 0 Å². The minimum atomic E-state index is -0.370. The lowest BCUT2D eigenvalue weighted by molar-refractivity contribution is 0.0718. The van der Waals surface area contributed by atoms with E-state index in [2.05, 4.69) is 5.10 Å². The SMILES string of the molecule is COc1cc(=O)n(-c2ccc(C)cc2)nc1C(=O)N(Cc1ccccc1)Cc1ccccc1. The molecule has 0 bridgehead atoms. The van der Waals surface area contributed by atoms with E-state index < -0.39 is 0 Å². The number of carbonyl (C=O) groups is 1. The Bertz CT molecular complexity index is 1240. The highest BCUT2D eigenvalue weighted by Gasteiger charge is 2.24. The first-order valence-corrected chi connectivity index (χ1v) is 10.7. The second-order valence-corrected chi connectivity index (χ2v) is 7.78. The number of hydrogen-bond acceptors (Lipinski definition) is 4. The van der Waals surface area contributed by atoms with Crippen molar-refractivity contribution in [2.75, 3.05) is 7.11 Å². The van der Waals surface area contributed by atoms with Gasteiger partial charge in [-0.2, -0.15) is 9.78 Å². The predicted molar refractivity (Wildman–Crippen MR) is 128 cm³/mol. The van der Waals surface area contributed by atoms with Crippen LogP contribution in [0.3, 0.4) is 0 Å². The van der Waals surface area contributed by atoms with Crippen LogP contribution in [-0.4, -0.2) is 27.7 Å². The van der Waals surface area contributed by atoms with Crippen LogP contribution in [0.25, 0.3) is 5.69 Å². The van der Waals surface area contributed by atoms with Crippen molar-refractivity contribution in [2.45, 2.75) is 20.0 Å². The fourth-order valence-corrected chi connectivity index (χ4v) is 3.57. The summed E-state index contributed by atoms with van der Waals surface area (Å²) in [6.45, 7) is 2.75. The lowest BCUT2D eigenvalue weighted by atomic mass is 10.1. The molecule has 1 amide bonds. The number of nitrogens with zero attached hydrogens (tertiary/aromatic N) is 3. The minimum absolute atomic E-state index is 0.0875. The lowest BCUT2D eigenvalue weighted by Gasteiger charge is -2.24. The molecule has 3 aromatic carbocycles. The Balaban J connectivity index is 1.76. The molecule has 0 aliphatic rings. The maximum absolute atomic E-state index is 13.8. The molecule has 1 aromatic heterocycles. The first-order valence-electron chi connectivity index (χ1n) is 10.7. The zero-order valence-electron chi connectivity index (χ0n) is 18.6. The molecule has 0 fully saturated rings. The number of methoxy groups -OCH3 is 1. The van der Waals surface area contributed by atoms with Gasteiger partial charge < -0.3 is 9.64 Å². The number of rotatable bonds is 7. The topological polar surface area (TPSA) is 64.4 Å². The molecule has 6 nitrogen and oxygen atoms in total. The van der Waals surface area contributed by atoms with Gasteiger partial charge in [-0.15, -0.1) is 0 Å².